The van der Waals surface area contributed by atoms with Crippen molar-refractivity contribution >= 4 is 27.5 Å². The second kappa shape index (κ2) is 4.79. The highest BCUT2D eigenvalue weighted by Crippen LogP contribution is 2.29. The van der Waals surface area contributed by atoms with Crippen LogP contribution in [0.3, 0.4) is 0 Å². The maximum Gasteiger partial charge on any atom is 0.312 e. The van der Waals surface area contributed by atoms with E-state index in [-0.39, 0.29) is 0 Å². The Balaban J connectivity index is 2.48. The van der Waals surface area contributed by atoms with Gasteiger partial charge in [-0.05, 0) is 23.8 Å². The Morgan fingerprint density at radius 2 is 2.24 bits per heavy atom. The zero-order chi connectivity index (χ0) is 12.4. The van der Waals surface area contributed by atoms with Crippen molar-refractivity contribution < 1.29 is 9.90 Å². The van der Waals surface area contributed by atoms with Gasteiger partial charge in [-0.15, -0.1) is 11.3 Å². The van der Waals surface area contributed by atoms with Gasteiger partial charge >= 0.3 is 5.97 Å². The van der Waals surface area contributed by atoms with E-state index in [9.17, 15) is 9.90 Å². The summed E-state index contributed by atoms with van der Waals surface area (Å²) in [5.41, 5.74) is 0.637. The fourth-order valence-electron chi connectivity index (χ4n) is 1.89. The Morgan fingerprint density at radius 3 is 2.88 bits per heavy atom. The molecule has 2 aromatic rings. The minimum Gasteiger partial charge on any atom is -0.481 e. The number of rotatable bonds is 4. The maximum absolute atomic E-state index is 11.3. The van der Waals surface area contributed by atoms with E-state index >= 15 is 0 Å². The van der Waals surface area contributed by atoms with Crippen molar-refractivity contribution in [2.75, 3.05) is 0 Å². The van der Waals surface area contributed by atoms with Crippen LogP contribution in [0.2, 0.25) is 0 Å². The second-order valence-corrected chi connectivity index (χ2v) is 5.31. The number of carbonyl (C=O) groups is 1. The Labute approximate surface area is 103 Å². The quantitative estimate of drug-likeness (QED) is 0.906. The van der Waals surface area contributed by atoms with Gasteiger partial charge in [-0.1, -0.05) is 13.8 Å². The van der Waals surface area contributed by atoms with Gasteiger partial charge in [-0.3, -0.25) is 4.79 Å². The lowest BCUT2D eigenvalue weighted by Crippen LogP contribution is -2.15. The fourth-order valence-corrected chi connectivity index (χ4v) is 2.63. The zero-order valence-corrected chi connectivity index (χ0v) is 10.6. The Hall–Kier alpha value is -1.49. The molecule has 0 radical (unpaired) electrons. The molecule has 1 N–H and O–H groups in total. The van der Waals surface area contributed by atoms with Crippen LogP contribution in [0.15, 0.2) is 17.8 Å². The molecule has 4 nitrogen and oxygen atoms in total. The highest BCUT2D eigenvalue weighted by molar-refractivity contribution is 7.16. The molecule has 0 bridgehead atoms. The van der Waals surface area contributed by atoms with Gasteiger partial charge in [0.05, 0.1) is 11.6 Å². The van der Waals surface area contributed by atoms with Crippen LogP contribution in [0.1, 0.15) is 31.9 Å². The molecule has 1 unspecified atom stereocenters. The van der Waals surface area contributed by atoms with Crippen molar-refractivity contribution in [3.63, 3.8) is 0 Å². The lowest BCUT2D eigenvalue weighted by Gasteiger charge is -2.14. The van der Waals surface area contributed by atoms with E-state index in [1.807, 2.05) is 25.3 Å². The molecule has 1 atom stereocenters. The average Bonchev–Trinajstić information content (AvgIpc) is 2.73. The van der Waals surface area contributed by atoms with Crippen LogP contribution in [-0.4, -0.2) is 21.0 Å². The molecule has 0 spiro atoms. The molecule has 2 rings (SSSR count). The van der Waals surface area contributed by atoms with E-state index in [4.69, 9.17) is 0 Å². The number of hydrogen-bond acceptors (Lipinski definition) is 4. The van der Waals surface area contributed by atoms with Crippen LogP contribution in [0.5, 0.6) is 0 Å². The predicted octanol–water partition coefficient (Wildman–Crippen LogP) is 2.91. The molecular weight excluding hydrogens is 236 g/mol. The molecule has 0 aliphatic carbocycles. The summed E-state index contributed by atoms with van der Waals surface area (Å²) in [6.07, 6.45) is 2.04. The van der Waals surface area contributed by atoms with Crippen molar-refractivity contribution in [1.82, 2.24) is 9.97 Å². The number of carboxylic acid groups (broad SMARTS) is 1. The van der Waals surface area contributed by atoms with Gasteiger partial charge in [0, 0.05) is 5.39 Å². The topological polar surface area (TPSA) is 63.1 Å². The smallest absolute Gasteiger partial charge is 0.312 e. The first kappa shape index (κ1) is 12.0. The number of nitrogens with zero attached hydrogens (tertiary/aromatic N) is 2. The first-order chi connectivity index (χ1) is 8.09. The molecule has 0 aromatic carbocycles. The summed E-state index contributed by atoms with van der Waals surface area (Å²) in [4.78, 5) is 20.5. The largest absolute Gasteiger partial charge is 0.481 e. The summed E-state index contributed by atoms with van der Waals surface area (Å²) in [7, 11) is 0. The monoisotopic (exact) mass is 250 g/mol. The Bertz CT molecular complexity index is 536. The third kappa shape index (κ3) is 2.44. The SMILES string of the molecule is CC(C)CC(C(=O)O)c1ncnc2sccc12. The number of aromatic nitrogens is 2. The fraction of sp³-hybridized carbons (Fsp3) is 0.417. The van der Waals surface area contributed by atoms with Crippen molar-refractivity contribution in [2.24, 2.45) is 5.92 Å². The van der Waals surface area contributed by atoms with E-state index in [1.165, 1.54) is 17.7 Å². The average molecular weight is 250 g/mol. The van der Waals surface area contributed by atoms with Gasteiger partial charge in [0.25, 0.3) is 0 Å². The van der Waals surface area contributed by atoms with Crippen molar-refractivity contribution in [2.45, 2.75) is 26.2 Å². The molecule has 0 aliphatic heterocycles. The number of thiophene rings is 1. The van der Waals surface area contributed by atoms with Crippen LogP contribution in [-0.2, 0) is 4.79 Å². The van der Waals surface area contributed by atoms with Crippen molar-refractivity contribution in [1.29, 1.82) is 0 Å². The number of fused-ring (bicyclic) bond motifs is 1. The minimum absolute atomic E-state index is 0.319. The molecule has 0 fully saturated rings. The van der Waals surface area contributed by atoms with E-state index in [1.54, 1.807) is 0 Å². The van der Waals surface area contributed by atoms with Crippen LogP contribution in [0.25, 0.3) is 10.2 Å². The van der Waals surface area contributed by atoms with Crippen LogP contribution in [0.4, 0.5) is 0 Å². The number of aliphatic carboxylic acids is 1. The van der Waals surface area contributed by atoms with E-state index in [0.717, 1.165) is 10.2 Å². The third-order valence-electron chi connectivity index (χ3n) is 2.63. The zero-order valence-electron chi connectivity index (χ0n) is 9.75. The van der Waals surface area contributed by atoms with E-state index < -0.39 is 11.9 Å². The normalized spacial score (nSPS) is 13.1. The number of hydrogen-bond donors (Lipinski definition) is 1. The minimum atomic E-state index is -0.815. The maximum atomic E-state index is 11.3. The van der Waals surface area contributed by atoms with Gasteiger partial charge in [-0.25, -0.2) is 9.97 Å². The molecule has 0 saturated heterocycles. The molecule has 5 heteroatoms. The van der Waals surface area contributed by atoms with Gasteiger partial charge in [0.15, 0.2) is 0 Å². The molecule has 90 valence electrons. The molecule has 0 amide bonds. The lowest BCUT2D eigenvalue weighted by molar-refractivity contribution is -0.139. The summed E-state index contributed by atoms with van der Waals surface area (Å²) < 4.78 is 0. The number of carboxylic acids is 1. The Kier molecular flexibility index (Phi) is 3.38. The molecule has 0 saturated carbocycles. The van der Waals surface area contributed by atoms with Crippen molar-refractivity contribution in [3.05, 3.63) is 23.5 Å². The third-order valence-corrected chi connectivity index (χ3v) is 3.45. The first-order valence-corrected chi connectivity index (χ1v) is 6.38. The molecular formula is C12H14N2O2S. The predicted molar refractivity (Wildman–Crippen MR) is 67.2 cm³/mol. The highest BCUT2D eigenvalue weighted by atomic mass is 32.1. The van der Waals surface area contributed by atoms with Gasteiger partial charge < -0.3 is 5.11 Å². The van der Waals surface area contributed by atoms with Crippen LogP contribution < -0.4 is 0 Å². The first-order valence-electron chi connectivity index (χ1n) is 5.50. The summed E-state index contributed by atoms with van der Waals surface area (Å²) in [5.74, 6) is -1.04. The van der Waals surface area contributed by atoms with E-state index in [2.05, 4.69) is 9.97 Å². The summed E-state index contributed by atoms with van der Waals surface area (Å²) >= 11 is 1.51. The standard InChI is InChI=1S/C12H14N2O2S/c1-7(2)5-9(12(15)16)10-8-3-4-17-11(8)14-6-13-10/h3-4,6-7,9H,5H2,1-2H3,(H,15,16). The van der Waals surface area contributed by atoms with Gasteiger partial charge in [0.2, 0.25) is 0 Å². The second-order valence-electron chi connectivity index (χ2n) is 4.42. The molecule has 0 aliphatic rings. The Morgan fingerprint density at radius 1 is 1.47 bits per heavy atom. The highest BCUT2D eigenvalue weighted by Gasteiger charge is 2.24. The van der Waals surface area contributed by atoms with Gasteiger partial charge in [-0.2, -0.15) is 0 Å². The summed E-state index contributed by atoms with van der Waals surface area (Å²) in [6.45, 7) is 4.03. The summed E-state index contributed by atoms with van der Waals surface area (Å²) in [5, 5.41) is 12.1. The van der Waals surface area contributed by atoms with E-state index in [0.29, 0.717) is 18.0 Å². The molecule has 17 heavy (non-hydrogen) atoms. The molecule has 2 heterocycles. The van der Waals surface area contributed by atoms with Crippen LogP contribution in [0, 0.1) is 5.92 Å². The van der Waals surface area contributed by atoms with Gasteiger partial charge in [0.1, 0.15) is 11.2 Å². The summed E-state index contributed by atoms with van der Waals surface area (Å²) in [6, 6.07) is 1.89. The molecule has 2 aromatic heterocycles. The lowest BCUT2D eigenvalue weighted by atomic mass is 9.93. The van der Waals surface area contributed by atoms with Crippen molar-refractivity contribution in [3.8, 4) is 0 Å². The van der Waals surface area contributed by atoms with Crippen LogP contribution >= 0.6 is 11.3 Å².